The Kier molecular flexibility index (Phi) is 47.9. The number of rotatable bonds is 49. The number of unbranched alkanes of at least 4 members (excludes halogenated alkanes) is 1. The first kappa shape index (κ1) is 89.3. The van der Waals surface area contributed by atoms with Crippen LogP contribution in [0.5, 0.6) is 0 Å². The topological polar surface area (TPSA) is 499 Å². The molecular weight excluding hydrogens is 1330 g/mol. The highest BCUT2D eigenvalue weighted by atomic mass is 35.5. The molecule has 0 aliphatic heterocycles. The number of primary amides is 1. The van der Waals surface area contributed by atoms with E-state index in [0.717, 1.165) is 0 Å². The predicted octanol–water partition coefficient (Wildman–Crippen LogP) is -2.56. The number of carbonyl (C=O) groups excluding carboxylic acids is 11. The number of amides is 11. The van der Waals surface area contributed by atoms with Gasteiger partial charge in [0.15, 0.2) is 5.96 Å². The van der Waals surface area contributed by atoms with Gasteiger partial charge in [-0.1, -0.05) is 71.9 Å². The average Bonchev–Trinajstić information content (AvgIpc) is 1.04. The number of carbonyl (C=O) groups is 12. The summed E-state index contributed by atoms with van der Waals surface area (Å²) in [5.41, 5.74) is 22.1. The molecule has 546 valence electrons. The molecule has 1 aromatic rings. The third kappa shape index (κ3) is 45.7. The molecule has 32 nitrogen and oxygen atoms in total. The van der Waals surface area contributed by atoms with Gasteiger partial charge in [-0.25, -0.2) is 0 Å². The molecular formula is C60H104ClN15O17S3. The van der Waals surface area contributed by atoms with E-state index in [4.69, 9.17) is 53.5 Å². The van der Waals surface area contributed by atoms with E-state index in [-0.39, 0.29) is 92.5 Å². The van der Waals surface area contributed by atoms with Crippen LogP contribution in [0.1, 0.15) is 99.5 Å². The molecule has 0 bridgehead atoms. The molecule has 0 aromatic heterocycles. The number of ether oxygens (including phenoxy) is 4. The SMILES string of the molecule is CCOCCNC(=O)[C@H](CS)NC(=O)[C@H](Cc1ccccc1)NC(=O)[C@H](CSC(C)(C)C)NC(=O)[C@H](CC(=O)O)NC(=O)CNC(=O)[C@H](CCCN=C(N)N)NC(=O)[C@H](CSC(C)(C)C)NC(=O)[C@H](CCCCN)NC(=O)CCl.CCOCCOCCNC(=O)COCC(N)=O. The van der Waals surface area contributed by atoms with Crippen LogP contribution in [0.4, 0.5) is 0 Å². The van der Waals surface area contributed by atoms with Gasteiger partial charge in [-0.2, -0.15) is 36.2 Å². The van der Waals surface area contributed by atoms with Gasteiger partial charge in [-0.05, 0) is 58.1 Å². The highest BCUT2D eigenvalue weighted by Crippen LogP contribution is 2.25. The summed E-state index contributed by atoms with van der Waals surface area (Å²) in [6.07, 6.45) is 0.289. The van der Waals surface area contributed by atoms with E-state index in [1.807, 2.05) is 48.5 Å². The maximum absolute atomic E-state index is 14.2. The third-order valence-electron chi connectivity index (χ3n) is 12.5. The Bertz CT molecular complexity index is 2590. The summed E-state index contributed by atoms with van der Waals surface area (Å²) in [6, 6.07) is -0.582. The molecule has 7 atom stereocenters. The van der Waals surface area contributed by atoms with Crippen LogP contribution in [0.3, 0.4) is 0 Å². The van der Waals surface area contributed by atoms with E-state index < -0.39 is 131 Å². The lowest BCUT2D eigenvalue weighted by Gasteiger charge is -2.28. The molecule has 0 unspecified atom stereocenters. The van der Waals surface area contributed by atoms with Gasteiger partial charge >= 0.3 is 5.97 Å². The molecule has 0 heterocycles. The van der Waals surface area contributed by atoms with E-state index in [1.165, 1.54) is 23.5 Å². The summed E-state index contributed by atoms with van der Waals surface area (Å²) in [5, 5.41) is 35.5. The van der Waals surface area contributed by atoms with Crippen molar-refractivity contribution in [3.63, 3.8) is 0 Å². The standard InChI is InChI=1S/C50H84ClN13O12S3.C10H20N2O5/c1-8-76-22-21-55-42(70)35(27-77)62-44(72)33(23-30-15-10-9-11-16-30)61-47(75)37(29-79-50(5,6)7)64-45(73)34(24-40(67)68)59-39(66)26-57-41(69)31(18-14-20-56-48(53)54)60-46(74)36(28-78-49(2,3)4)63-43(71)32(17-12-13-19-52)58-38(65)25-51;1-2-15-5-6-16-4-3-12-10(14)8-17-7-9(11)13/h9-11,15-16,31-37,77H,8,12-14,17-29,52H2,1-7H3,(H,55,70)(H,57,69)(H,58,65)(H,59,66)(H,60,74)(H,61,75)(H,62,72)(H,63,71)(H,64,73)(H,67,68)(H4,53,54,56);2-8H2,1H3,(H2,11,13)(H,12,14)/t31-,32-,33-,34-,35-,36-,37-;/m0./s1. The van der Waals surface area contributed by atoms with Gasteiger partial charge in [0.05, 0.1) is 39.4 Å². The fraction of sp³-hybridized carbons (Fsp3) is 0.683. The smallest absolute Gasteiger partial charge is 0.305 e. The van der Waals surface area contributed by atoms with Crippen LogP contribution < -0.4 is 76.1 Å². The van der Waals surface area contributed by atoms with E-state index >= 15 is 0 Å². The van der Waals surface area contributed by atoms with Gasteiger partial charge in [0.2, 0.25) is 65.0 Å². The normalized spacial score (nSPS) is 13.3. The van der Waals surface area contributed by atoms with Crippen molar-refractivity contribution in [2.75, 3.05) is 109 Å². The molecule has 0 aliphatic carbocycles. The number of thiol groups is 1. The molecule has 36 heteroatoms. The summed E-state index contributed by atoms with van der Waals surface area (Å²) < 4.78 is 19.4. The Balaban J connectivity index is 0.00000461. The van der Waals surface area contributed by atoms with Crippen LogP contribution in [-0.2, 0) is 82.9 Å². The van der Waals surface area contributed by atoms with Crippen LogP contribution in [0.2, 0.25) is 0 Å². The van der Waals surface area contributed by atoms with E-state index in [2.05, 4.69) is 70.8 Å². The number of halogens is 1. The van der Waals surface area contributed by atoms with Crippen molar-refractivity contribution in [2.45, 2.75) is 152 Å². The van der Waals surface area contributed by atoms with Gasteiger partial charge in [-0.15, -0.1) is 11.6 Å². The Morgan fingerprint density at radius 3 is 1.57 bits per heavy atom. The molecule has 0 spiro atoms. The zero-order valence-corrected chi connectivity index (χ0v) is 59.6. The number of nitrogens with zero attached hydrogens (tertiary/aromatic N) is 1. The van der Waals surface area contributed by atoms with Gasteiger partial charge in [-0.3, -0.25) is 62.5 Å². The first-order valence-corrected chi connectivity index (χ1v) is 34.4. The lowest BCUT2D eigenvalue weighted by Crippen LogP contribution is -2.60. The van der Waals surface area contributed by atoms with Gasteiger partial charge < -0.3 is 100 Å². The minimum absolute atomic E-state index is 0.0336. The van der Waals surface area contributed by atoms with Crippen molar-refractivity contribution < 1.29 is 81.6 Å². The molecule has 0 saturated heterocycles. The van der Waals surface area contributed by atoms with E-state index in [9.17, 15) is 62.6 Å². The predicted molar refractivity (Wildman–Crippen MR) is 371 cm³/mol. The van der Waals surface area contributed by atoms with Crippen LogP contribution in [0, 0.1) is 0 Å². The van der Waals surface area contributed by atoms with E-state index in [0.29, 0.717) is 64.5 Å². The lowest BCUT2D eigenvalue weighted by atomic mass is 10.0. The number of aliphatic carboxylic acids is 1. The van der Waals surface area contributed by atoms with Crippen molar-refractivity contribution >= 4 is 125 Å². The van der Waals surface area contributed by atoms with Crippen molar-refractivity contribution in [3.05, 3.63) is 35.9 Å². The van der Waals surface area contributed by atoms with Crippen molar-refractivity contribution in [3.8, 4) is 0 Å². The minimum Gasteiger partial charge on any atom is -0.481 e. The Hall–Kier alpha value is -6.73. The number of thioether (sulfide) groups is 2. The molecule has 0 aliphatic rings. The van der Waals surface area contributed by atoms with Crippen molar-refractivity contribution in [2.24, 2.45) is 27.9 Å². The van der Waals surface area contributed by atoms with Gasteiger partial charge in [0.1, 0.15) is 61.4 Å². The molecule has 0 radical (unpaired) electrons. The highest BCUT2D eigenvalue weighted by Gasteiger charge is 2.35. The first-order chi connectivity index (χ1) is 45.3. The lowest BCUT2D eigenvalue weighted by molar-refractivity contribution is -0.141. The number of carboxylic acid groups (broad SMARTS) is 1. The number of guanidine groups is 1. The molecule has 1 rings (SSSR count). The summed E-state index contributed by atoms with van der Waals surface area (Å²) in [5.74, 6) is -10.4. The number of benzene rings is 1. The second-order valence-electron chi connectivity index (χ2n) is 23.1. The molecule has 0 fully saturated rings. The van der Waals surface area contributed by atoms with Crippen LogP contribution in [0.15, 0.2) is 35.3 Å². The second-order valence-corrected chi connectivity index (χ2v) is 27.4. The Morgan fingerprint density at radius 2 is 1.03 bits per heavy atom. The Labute approximate surface area is 581 Å². The summed E-state index contributed by atoms with van der Waals surface area (Å²) in [6.45, 7) is 17.5. The Morgan fingerprint density at radius 1 is 0.552 bits per heavy atom. The fourth-order valence-electron chi connectivity index (χ4n) is 7.77. The molecule has 1 aromatic carbocycles. The molecule has 0 saturated carbocycles. The van der Waals surface area contributed by atoms with Gasteiger partial charge in [0, 0.05) is 66.0 Å². The van der Waals surface area contributed by atoms with Crippen LogP contribution >= 0.6 is 47.8 Å². The molecule has 19 N–H and O–H groups in total. The number of aliphatic imine (C=N–C) groups is 1. The number of hydrogen-bond donors (Lipinski definition) is 16. The van der Waals surface area contributed by atoms with Crippen molar-refractivity contribution in [1.82, 2.24) is 53.2 Å². The minimum atomic E-state index is -1.80. The summed E-state index contributed by atoms with van der Waals surface area (Å²) in [4.78, 5) is 160. The number of nitrogens with one attached hydrogen (secondary N) is 10. The maximum Gasteiger partial charge on any atom is 0.305 e. The van der Waals surface area contributed by atoms with Crippen LogP contribution in [0.25, 0.3) is 0 Å². The number of carboxylic acids is 1. The molecule has 96 heavy (non-hydrogen) atoms. The quantitative estimate of drug-likeness (QED) is 0.0105. The maximum atomic E-state index is 14.2. The van der Waals surface area contributed by atoms with Gasteiger partial charge in [0.25, 0.3) is 0 Å². The highest BCUT2D eigenvalue weighted by molar-refractivity contribution is 8.00. The number of alkyl halides is 1. The largest absolute Gasteiger partial charge is 0.481 e. The van der Waals surface area contributed by atoms with Crippen molar-refractivity contribution in [1.29, 1.82) is 0 Å². The number of nitrogens with two attached hydrogens (primary N) is 4. The summed E-state index contributed by atoms with van der Waals surface area (Å²) >= 11 is 12.6. The second kappa shape index (κ2) is 51.5. The first-order valence-electron chi connectivity index (χ1n) is 31.3. The van der Waals surface area contributed by atoms with Crippen LogP contribution in [-0.4, -0.2) is 243 Å². The average molecular weight is 1440 g/mol. The third-order valence-corrected chi connectivity index (χ3v) is 15.8. The van der Waals surface area contributed by atoms with E-state index in [1.54, 1.807) is 37.3 Å². The molecule has 11 amide bonds. The fourth-order valence-corrected chi connectivity index (χ4v) is 9.91. The zero-order chi connectivity index (χ0) is 72.7. The number of hydrogen-bond acceptors (Lipinski definition) is 21. The zero-order valence-electron chi connectivity index (χ0n) is 56.3. The summed E-state index contributed by atoms with van der Waals surface area (Å²) in [7, 11) is 0. The monoisotopic (exact) mass is 1440 g/mol.